The molecule has 2 rings (SSSR count). The van der Waals surface area contributed by atoms with Crippen molar-refractivity contribution in [1.29, 1.82) is 0 Å². The fourth-order valence-corrected chi connectivity index (χ4v) is 3.43. The van der Waals surface area contributed by atoms with Crippen molar-refractivity contribution >= 4 is 17.4 Å². The van der Waals surface area contributed by atoms with E-state index in [0.717, 1.165) is 24.9 Å². The third-order valence-corrected chi connectivity index (χ3v) is 4.67. The van der Waals surface area contributed by atoms with Crippen LogP contribution < -0.4 is 5.32 Å². The van der Waals surface area contributed by atoms with Gasteiger partial charge in [0.2, 0.25) is 0 Å². The van der Waals surface area contributed by atoms with Gasteiger partial charge in [0.15, 0.2) is 0 Å². The summed E-state index contributed by atoms with van der Waals surface area (Å²) in [5.41, 5.74) is 0.607. The molecule has 0 bridgehead atoms. The Morgan fingerprint density at radius 1 is 1.44 bits per heavy atom. The van der Waals surface area contributed by atoms with Crippen molar-refractivity contribution in [2.75, 3.05) is 37.2 Å². The third kappa shape index (κ3) is 3.89. The van der Waals surface area contributed by atoms with Gasteiger partial charge in [0.25, 0.3) is 0 Å². The van der Waals surface area contributed by atoms with Gasteiger partial charge in [-0.25, -0.2) is 4.39 Å². The van der Waals surface area contributed by atoms with Crippen LogP contribution in [0.2, 0.25) is 0 Å². The molecule has 1 N–H and O–H groups in total. The van der Waals surface area contributed by atoms with Crippen molar-refractivity contribution in [1.82, 2.24) is 4.90 Å². The van der Waals surface area contributed by atoms with Crippen molar-refractivity contribution in [2.45, 2.75) is 18.6 Å². The molecule has 100 valence electrons. The molecule has 1 unspecified atom stereocenters. The van der Waals surface area contributed by atoms with Crippen molar-refractivity contribution in [3.63, 3.8) is 0 Å². The topological polar surface area (TPSA) is 15.3 Å². The minimum atomic E-state index is -0.168. The van der Waals surface area contributed by atoms with E-state index in [1.165, 1.54) is 24.8 Å². The van der Waals surface area contributed by atoms with Gasteiger partial charge in [-0.1, -0.05) is 19.1 Å². The van der Waals surface area contributed by atoms with Gasteiger partial charge in [-0.3, -0.25) is 4.90 Å². The Morgan fingerprint density at radius 3 is 3.06 bits per heavy atom. The number of nitrogens with zero attached hydrogens (tertiary/aromatic N) is 1. The maximum atomic E-state index is 13.4. The van der Waals surface area contributed by atoms with Crippen LogP contribution in [0.3, 0.4) is 0 Å². The first-order valence-electron chi connectivity index (χ1n) is 6.62. The summed E-state index contributed by atoms with van der Waals surface area (Å²) in [6.45, 7) is 6.37. The Balaban J connectivity index is 1.73. The van der Waals surface area contributed by atoms with Gasteiger partial charge < -0.3 is 5.32 Å². The number of benzene rings is 1. The highest BCUT2D eigenvalue weighted by atomic mass is 32.2. The number of halogens is 1. The number of nitrogens with one attached hydrogen (secondary N) is 1. The largest absolute Gasteiger partial charge is 0.381 e. The summed E-state index contributed by atoms with van der Waals surface area (Å²) in [5.74, 6) is 1.05. The van der Waals surface area contributed by atoms with Crippen molar-refractivity contribution in [3.8, 4) is 0 Å². The molecule has 0 saturated carbocycles. The lowest BCUT2D eigenvalue weighted by atomic mass is 10.3. The van der Waals surface area contributed by atoms with Crippen LogP contribution in [0.15, 0.2) is 24.3 Å². The van der Waals surface area contributed by atoms with E-state index in [9.17, 15) is 4.39 Å². The molecule has 1 aromatic carbocycles. The first kappa shape index (κ1) is 13.7. The van der Waals surface area contributed by atoms with Gasteiger partial charge in [-0.15, -0.1) is 0 Å². The van der Waals surface area contributed by atoms with E-state index in [1.54, 1.807) is 12.1 Å². The molecule has 0 aliphatic carbocycles. The molecule has 2 nitrogen and oxygen atoms in total. The normalized spacial score (nSPS) is 20.9. The fraction of sp³-hybridized carbons (Fsp3) is 0.571. The number of hydrogen-bond acceptors (Lipinski definition) is 3. The molecule has 0 spiro atoms. The minimum Gasteiger partial charge on any atom is -0.381 e. The van der Waals surface area contributed by atoms with E-state index < -0.39 is 0 Å². The van der Waals surface area contributed by atoms with E-state index >= 15 is 0 Å². The molecule has 1 aromatic rings. The van der Waals surface area contributed by atoms with Crippen LogP contribution in [-0.2, 0) is 0 Å². The van der Waals surface area contributed by atoms with Crippen LogP contribution >= 0.6 is 11.8 Å². The standard InChI is InChI=1S/C14H21FN2S/c1-2-12-11-17(9-10-18-12)8-7-16-14-6-4-3-5-13(14)15/h3-6,12,16H,2,7-11H2,1H3. The highest BCUT2D eigenvalue weighted by molar-refractivity contribution is 8.00. The predicted octanol–water partition coefficient (Wildman–Crippen LogP) is 3.07. The Bertz CT molecular complexity index is 373. The molecule has 1 fully saturated rings. The van der Waals surface area contributed by atoms with Gasteiger partial charge in [-0.2, -0.15) is 11.8 Å². The molecule has 4 heteroatoms. The Morgan fingerprint density at radius 2 is 2.28 bits per heavy atom. The van der Waals surface area contributed by atoms with Gasteiger partial charge in [0.05, 0.1) is 5.69 Å². The zero-order valence-corrected chi connectivity index (χ0v) is 11.7. The number of thioether (sulfide) groups is 1. The van der Waals surface area contributed by atoms with Crippen LogP contribution in [0.4, 0.5) is 10.1 Å². The molecular weight excluding hydrogens is 247 g/mol. The van der Waals surface area contributed by atoms with Crippen LogP contribution in [0, 0.1) is 5.82 Å². The SMILES string of the molecule is CCC1CN(CCNc2ccccc2F)CCS1. The summed E-state index contributed by atoms with van der Waals surface area (Å²) in [4.78, 5) is 2.47. The van der Waals surface area contributed by atoms with Gasteiger partial charge in [0.1, 0.15) is 5.82 Å². The van der Waals surface area contributed by atoms with Gasteiger partial charge in [-0.05, 0) is 18.6 Å². The Hall–Kier alpha value is -0.740. The monoisotopic (exact) mass is 268 g/mol. The first-order valence-corrected chi connectivity index (χ1v) is 7.67. The zero-order chi connectivity index (χ0) is 12.8. The molecule has 1 aliphatic heterocycles. The second kappa shape index (κ2) is 7.00. The Kier molecular flexibility index (Phi) is 5.32. The molecule has 1 heterocycles. The lowest BCUT2D eigenvalue weighted by molar-refractivity contribution is 0.292. The van der Waals surface area contributed by atoms with Gasteiger partial charge in [0, 0.05) is 37.2 Å². The van der Waals surface area contributed by atoms with Crippen LogP contribution in [0.5, 0.6) is 0 Å². The molecule has 1 atom stereocenters. The lowest BCUT2D eigenvalue weighted by Crippen LogP contribution is -2.40. The maximum absolute atomic E-state index is 13.4. The predicted molar refractivity (Wildman–Crippen MR) is 77.9 cm³/mol. The van der Waals surface area contributed by atoms with Crippen LogP contribution in [0.25, 0.3) is 0 Å². The summed E-state index contributed by atoms with van der Waals surface area (Å²) in [6, 6.07) is 6.85. The second-order valence-electron chi connectivity index (χ2n) is 4.61. The highest BCUT2D eigenvalue weighted by Gasteiger charge is 2.18. The van der Waals surface area contributed by atoms with E-state index in [-0.39, 0.29) is 5.82 Å². The molecule has 0 aromatic heterocycles. The lowest BCUT2D eigenvalue weighted by Gasteiger charge is -2.31. The molecular formula is C14H21FN2S. The van der Waals surface area contributed by atoms with Crippen molar-refractivity contribution < 1.29 is 4.39 Å². The molecule has 18 heavy (non-hydrogen) atoms. The second-order valence-corrected chi connectivity index (χ2v) is 6.02. The first-order chi connectivity index (χ1) is 8.79. The maximum Gasteiger partial charge on any atom is 0.146 e. The molecule has 0 radical (unpaired) electrons. The van der Waals surface area contributed by atoms with Crippen molar-refractivity contribution in [3.05, 3.63) is 30.1 Å². The number of para-hydroxylation sites is 1. The van der Waals surface area contributed by atoms with Gasteiger partial charge >= 0.3 is 0 Å². The smallest absolute Gasteiger partial charge is 0.146 e. The van der Waals surface area contributed by atoms with Crippen LogP contribution in [0.1, 0.15) is 13.3 Å². The highest BCUT2D eigenvalue weighted by Crippen LogP contribution is 2.20. The fourth-order valence-electron chi connectivity index (χ4n) is 2.18. The zero-order valence-electron chi connectivity index (χ0n) is 10.9. The summed E-state index contributed by atoms with van der Waals surface area (Å²) in [7, 11) is 0. The quantitative estimate of drug-likeness (QED) is 0.883. The number of hydrogen-bond donors (Lipinski definition) is 1. The average molecular weight is 268 g/mol. The van der Waals surface area contributed by atoms with E-state index in [2.05, 4.69) is 28.9 Å². The molecule has 1 saturated heterocycles. The van der Waals surface area contributed by atoms with E-state index in [0.29, 0.717) is 5.69 Å². The summed E-state index contributed by atoms with van der Waals surface area (Å²) in [6.07, 6.45) is 1.24. The van der Waals surface area contributed by atoms with E-state index in [4.69, 9.17) is 0 Å². The number of anilines is 1. The number of rotatable bonds is 5. The minimum absolute atomic E-state index is 0.168. The van der Waals surface area contributed by atoms with E-state index in [1.807, 2.05) is 6.07 Å². The molecule has 0 amide bonds. The Labute approximate surface area is 113 Å². The summed E-state index contributed by atoms with van der Waals surface area (Å²) in [5, 5.41) is 3.94. The van der Waals surface area contributed by atoms with Crippen LogP contribution in [-0.4, -0.2) is 42.1 Å². The van der Waals surface area contributed by atoms with Crippen molar-refractivity contribution in [2.24, 2.45) is 0 Å². The average Bonchev–Trinajstić information content (AvgIpc) is 2.41. The summed E-state index contributed by atoms with van der Waals surface area (Å²) < 4.78 is 13.4. The summed E-state index contributed by atoms with van der Waals surface area (Å²) >= 11 is 2.08. The third-order valence-electron chi connectivity index (χ3n) is 3.30. The molecule has 1 aliphatic rings.